The van der Waals surface area contributed by atoms with Gasteiger partial charge in [0.15, 0.2) is 0 Å². The number of hydrogen-bond donors (Lipinski definition) is 0. The molecule has 4 nitrogen and oxygen atoms in total. The molecular formula is C30H38N2O2. The van der Waals surface area contributed by atoms with Gasteiger partial charge < -0.3 is 14.5 Å². The zero-order valence-electron chi connectivity index (χ0n) is 21.2. The van der Waals surface area contributed by atoms with E-state index in [2.05, 4.69) is 65.6 Å². The Morgan fingerprint density at radius 2 is 1.47 bits per heavy atom. The van der Waals surface area contributed by atoms with Crippen molar-refractivity contribution in [2.24, 2.45) is 0 Å². The van der Waals surface area contributed by atoms with Gasteiger partial charge in [-0.25, -0.2) is 0 Å². The fourth-order valence-corrected chi connectivity index (χ4v) is 4.18. The van der Waals surface area contributed by atoms with E-state index in [1.807, 2.05) is 58.0 Å². The number of carbonyl (C=O) groups is 1. The van der Waals surface area contributed by atoms with E-state index >= 15 is 0 Å². The minimum absolute atomic E-state index is 0.149. The van der Waals surface area contributed by atoms with Crippen molar-refractivity contribution in [2.75, 3.05) is 25.5 Å². The van der Waals surface area contributed by atoms with Crippen molar-refractivity contribution in [1.29, 1.82) is 0 Å². The molecule has 1 atom stereocenters. The Morgan fingerprint density at radius 3 is 2.03 bits per heavy atom. The van der Waals surface area contributed by atoms with Crippen LogP contribution >= 0.6 is 0 Å². The molecule has 0 saturated heterocycles. The number of carbonyl (C=O) groups excluding carboxylic acids is 1. The van der Waals surface area contributed by atoms with Gasteiger partial charge in [-0.05, 0) is 61.2 Å². The summed E-state index contributed by atoms with van der Waals surface area (Å²) in [6.45, 7) is 7.34. The van der Waals surface area contributed by atoms with Crippen LogP contribution in [0.4, 0.5) is 5.69 Å². The predicted octanol–water partition coefficient (Wildman–Crippen LogP) is 6.50. The third-order valence-corrected chi connectivity index (χ3v) is 6.03. The number of hydrogen-bond acceptors (Lipinski definition) is 3. The van der Waals surface area contributed by atoms with Crippen LogP contribution in [0.1, 0.15) is 56.2 Å². The van der Waals surface area contributed by atoms with Crippen molar-refractivity contribution in [2.45, 2.75) is 52.2 Å². The predicted molar refractivity (Wildman–Crippen MR) is 142 cm³/mol. The molecule has 0 unspecified atom stereocenters. The molecule has 4 heteroatoms. The minimum atomic E-state index is 0.149. The number of benzene rings is 3. The average Bonchev–Trinajstić information content (AvgIpc) is 2.84. The van der Waals surface area contributed by atoms with Crippen LogP contribution in [0.3, 0.4) is 0 Å². The van der Waals surface area contributed by atoms with Crippen molar-refractivity contribution in [3.8, 4) is 5.75 Å². The highest BCUT2D eigenvalue weighted by molar-refractivity contribution is 5.75. The molecule has 180 valence electrons. The van der Waals surface area contributed by atoms with Gasteiger partial charge in [0.1, 0.15) is 5.75 Å². The van der Waals surface area contributed by atoms with Crippen LogP contribution in [-0.2, 0) is 11.3 Å². The van der Waals surface area contributed by atoms with Gasteiger partial charge in [-0.3, -0.25) is 4.79 Å². The van der Waals surface area contributed by atoms with Crippen molar-refractivity contribution in [3.05, 3.63) is 95.6 Å². The molecule has 0 heterocycles. The van der Waals surface area contributed by atoms with Crippen LogP contribution in [0.2, 0.25) is 0 Å². The molecule has 3 rings (SSSR count). The average molecular weight is 459 g/mol. The lowest BCUT2D eigenvalue weighted by molar-refractivity contribution is -0.131. The number of ether oxygens (including phenoxy) is 1. The highest BCUT2D eigenvalue weighted by Crippen LogP contribution is 2.30. The van der Waals surface area contributed by atoms with E-state index in [0.717, 1.165) is 23.4 Å². The Hall–Kier alpha value is -3.27. The van der Waals surface area contributed by atoms with Gasteiger partial charge in [-0.1, -0.05) is 61.5 Å². The topological polar surface area (TPSA) is 32.8 Å². The molecule has 34 heavy (non-hydrogen) atoms. The summed E-state index contributed by atoms with van der Waals surface area (Å²) in [5.41, 5.74) is 4.81. The van der Waals surface area contributed by atoms with Crippen LogP contribution in [0.25, 0.3) is 0 Å². The van der Waals surface area contributed by atoms with E-state index in [1.165, 1.54) is 11.1 Å². The molecule has 0 radical (unpaired) electrons. The standard InChI is InChI=1S/C30H38N2O2/c1-6-30(33)32(22-24-12-16-27(17-13-24)31(4)5)21-20-29(25-10-8-7-9-11-25)26-14-18-28(19-15-26)34-23(2)3/h7-19,23,29H,6,20-22H2,1-5H3/t29-/m1/s1. The second kappa shape index (κ2) is 12.3. The zero-order chi connectivity index (χ0) is 24.5. The Bertz CT molecular complexity index is 1010. The number of amides is 1. The lowest BCUT2D eigenvalue weighted by Crippen LogP contribution is -2.31. The Balaban J connectivity index is 1.78. The lowest BCUT2D eigenvalue weighted by Gasteiger charge is -2.26. The van der Waals surface area contributed by atoms with Crippen molar-refractivity contribution in [1.82, 2.24) is 4.90 Å². The Kier molecular flexibility index (Phi) is 9.15. The first-order valence-corrected chi connectivity index (χ1v) is 12.2. The summed E-state index contributed by atoms with van der Waals surface area (Å²) in [7, 11) is 4.07. The molecule has 0 saturated carbocycles. The summed E-state index contributed by atoms with van der Waals surface area (Å²) in [6, 6.07) is 27.4. The maximum atomic E-state index is 12.8. The molecule has 0 aliphatic carbocycles. The molecular weight excluding hydrogens is 420 g/mol. The van der Waals surface area contributed by atoms with Crippen LogP contribution < -0.4 is 9.64 Å². The molecule has 0 aromatic heterocycles. The summed E-state index contributed by atoms with van der Waals surface area (Å²) in [5, 5.41) is 0. The highest BCUT2D eigenvalue weighted by Gasteiger charge is 2.19. The molecule has 1 amide bonds. The third kappa shape index (κ3) is 7.11. The molecule has 0 spiro atoms. The van der Waals surface area contributed by atoms with Crippen LogP contribution in [0, 0.1) is 0 Å². The second-order valence-corrected chi connectivity index (χ2v) is 9.22. The third-order valence-electron chi connectivity index (χ3n) is 6.03. The Morgan fingerprint density at radius 1 is 0.853 bits per heavy atom. The zero-order valence-corrected chi connectivity index (χ0v) is 21.2. The van der Waals surface area contributed by atoms with Gasteiger partial charge in [0.05, 0.1) is 6.10 Å². The Labute approximate surface area is 205 Å². The maximum Gasteiger partial charge on any atom is 0.222 e. The SMILES string of the molecule is CCC(=O)N(CC[C@H](c1ccccc1)c1ccc(OC(C)C)cc1)Cc1ccc(N(C)C)cc1. The normalized spacial score (nSPS) is 11.8. The first kappa shape index (κ1) is 25.4. The number of nitrogens with zero attached hydrogens (tertiary/aromatic N) is 2. The van der Waals surface area contributed by atoms with E-state index in [0.29, 0.717) is 19.5 Å². The van der Waals surface area contributed by atoms with Crippen molar-refractivity contribution < 1.29 is 9.53 Å². The summed E-state index contributed by atoms with van der Waals surface area (Å²) in [4.78, 5) is 16.9. The summed E-state index contributed by atoms with van der Waals surface area (Å²) >= 11 is 0. The van der Waals surface area contributed by atoms with Gasteiger partial charge >= 0.3 is 0 Å². The highest BCUT2D eigenvalue weighted by atomic mass is 16.5. The van der Waals surface area contributed by atoms with Crippen molar-refractivity contribution >= 4 is 11.6 Å². The molecule has 0 N–H and O–H groups in total. The van der Waals surface area contributed by atoms with E-state index in [1.54, 1.807) is 0 Å². The number of rotatable bonds is 11. The van der Waals surface area contributed by atoms with E-state index in [9.17, 15) is 4.79 Å². The first-order valence-electron chi connectivity index (χ1n) is 12.2. The van der Waals surface area contributed by atoms with E-state index < -0.39 is 0 Å². The quantitative estimate of drug-likeness (QED) is 0.329. The largest absolute Gasteiger partial charge is 0.491 e. The molecule has 0 bridgehead atoms. The first-order chi connectivity index (χ1) is 16.4. The van der Waals surface area contributed by atoms with Gasteiger partial charge in [-0.15, -0.1) is 0 Å². The van der Waals surface area contributed by atoms with E-state index in [4.69, 9.17) is 4.74 Å². The molecule has 3 aromatic carbocycles. The smallest absolute Gasteiger partial charge is 0.222 e. The van der Waals surface area contributed by atoms with Crippen LogP contribution in [0.5, 0.6) is 5.75 Å². The van der Waals surface area contributed by atoms with Crippen LogP contribution in [-0.4, -0.2) is 37.6 Å². The van der Waals surface area contributed by atoms with Crippen molar-refractivity contribution in [3.63, 3.8) is 0 Å². The fourth-order valence-electron chi connectivity index (χ4n) is 4.18. The van der Waals surface area contributed by atoms with Gasteiger partial charge in [0.2, 0.25) is 5.91 Å². The lowest BCUT2D eigenvalue weighted by atomic mass is 9.88. The maximum absolute atomic E-state index is 12.8. The second-order valence-electron chi connectivity index (χ2n) is 9.22. The van der Waals surface area contributed by atoms with E-state index in [-0.39, 0.29) is 17.9 Å². The molecule has 3 aromatic rings. The monoisotopic (exact) mass is 458 g/mol. The molecule has 0 aliphatic heterocycles. The fraction of sp³-hybridized carbons (Fsp3) is 0.367. The minimum Gasteiger partial charge on any atom is -0.491 e. The van der Waals surface area contributed by atoms with Crippen LogP contribution in [0.15, 0.2) is 78.9 Å². The van der Waals surface area contributed by atoms with Gasteiger partial charge in [-0.2, -0.15) is 0 Å². The summed E-state index contributed by atoms with van der Waals surface area (Å²) < 4.78 is 5.83. The summed E-state index contributed by atoms with van der Waals surface area (Å²) in [5.74, 6) is 1.27. The van der Waals surface area contributed by atoms with Gasteiger partial charge in [0, 0.05) is 45.2 Å². The summed E-state index contributed by atoms with van der Waals surface area (Å²) in [6.07, 6.45) is 1.51. The van der Waals surface area contributed by atoms with Gasteiger partial charge in [0.25, 0.3) is 0 Å². The number of anilines is 1. The molecule has 0 aliphatic rings. The molecule has 0 fully saturated rings.